The van der Waals surface area contributed by atoms with Crippen LogP contribution in [-0.4, -0.2) is 111 Å². The van der Waals surface area contributed by atoms with Crippen LogP contribution in [0.1, 0.15) is 22.8 Å². The molecule has 0 N–H and O–H groups in total. The lowest BCUT2D eigenvalue weighted by atomic mass is 10.3. The van der Waals surface area contributed by atoms with Gasteiger partial charge in [-0.25, -0.2) is 9.97 Å². The lowest BCUT2D eigenvalue weighted by Gasteiger charge is -2.13. The minimum Gasteiger partial charge on any atom is -0.303 e. The summed E-state index contributed by atoms with van der Waals surface area (Å²) in [6.45, 7) is 6.33. The standard InChI is InChI=1S/C24H32N8/c1-31-13-9-25-17-21-5-3-7-23(29-21)19-27-11-15-32(2)16-12-28-20-24-8-4-6-22(30-24)18-26-10-14-31/h3-8,17-20H,9-16H2,1-2H3. The van der Waals surface area contributed by atoms with Crippen LogP contribution in [0.25, 0.3) is 0 Å². The molecule has 8 heteroatoms. The number of hydrogen-bond donors (Lipinski definition) is 0. The number of pyridine rings is 2. The summed E-state index contributed by atoms with van der Waals surface area (Å²) in [4.78, 5) is 31.7. The van der Waals surface area contributed by atoms with Gasteiger partial charge in [-0.15, -0.1) is 0 Å². The van der Waals surface area contributed by atoms with Crippen LogP contribution in [0.2, 0.25) is 0 Å². The molecule has 1 aliphatic heterocycles. The SMILES string of the molecule is CN1CCN=Cc2cccc(n2)C=NCCN(C)CCN=Cc2cccc(n2)C=NCC1. The largest absolute Gasteiger partial charge is 0.303 e. The molecule has 32 heavy (non-hydrogen) atoms. The highest BCUT2D eigenvalue weighted by Crippen LogP contribution is 1.97. The highest BCUT2D eigenvalue weighted by molar-refractivity contribution is 5.82. The van der Waals surface area contributed by atoms with E-state index in [1.54, 1.807) is 0 Å². The molecule has 0 radical (unpaired) electrons. The lowest BCUT2D eigenvalue weighted by molar-refractivity contribution is 0.354. The van der Waals surface area contributed by atoms with Crippen LogP contribution in [0.3, 0.4) is 0 Å². The molecular formula is C24H32N8. The van der Waals surface area contributed by atoms with Crippen LogP contribution in [-0.2, 0) is 0 Å². The average molecular weight is 433 g/mol. The second-order valence-corrected chi connectivity index (χ2v) is 7.72. The zero-order chi connectivity index (χ0) is 22.4. The second kappa shape index (κ2) is 13.3. The van der Waals surface area contributed by atoms with E-state index in [9.17, 15) is 0 Å². The fourth-order valence-corrected chi connectivity index (χ4v) is 3.00. The van der Waals surface area contributed by atoms with Gasteiger partial charge in [0.25, 0.3) is 0 Å². The number of hydrogen-bond acceptors (Lipinski definition) is 8. The fraction of sp³-hybridized carbons (Fsp3) is 0.417. The molecule has 0 aliphatic carbocycles. The first-order valence-electron chi connectivity index (χ1n) is 11.0. The maximum Gasteiger partial charge on any atom is 0.0815 e. The van der Waals surface area contributed by atoms with Gasteiger partial charge in [-0.3, -0.25) is 20.0 Å². The van der Waals surface area contributed by atoms with Crippen molar-refractivity contribution in [1.82, 2.24) is 19.8 Å². The summed E-state index contributed by atoms with van der Waals surface area (Å²) in [7, 11) is 4.16. The number of fused-ring (bicyclic) bond motifs is 4. The minimum absolute atomic E-state index is 0.718. The summed E-state index contributed by atoms with van der Waals surface area (Å²) in [5.74, 6) is 0. The molecular weight excluding hydrogens is 400 g/mol. The molecule has 2 aromatic heterocycles. The molecule has 168 valence electrons. The quantitative estimate of drug-likeness (QED) is 0.635. The maximum atomic E-state index is 4.58. The highest BCUT2D eigenvalue weighted by Gasteiger charge is 1.99. The number of aromatic nitrogens is 2. The number of rotatable bonds is 0. The number of nitrogens with zero attached hydrogens (tertiary/aromatic N) is 8. The topological polar surface area (TPSA) is 81.7 Å². The molecule has 0 aromatic carbocycles. The third-order valence-electron chi connectivity index (χ3n) is 4.92. The van der Waals surface area contributed by atoms with Gasteiger partial charge < -0.3 is 9.80 Å². The molecule has 0 atom stereocenters. The summed E-state index contributed by atoms with van der Waals surface area (Å²) >= 11 is 0. The van der Waals surface area contributed by atoms with Crippen LogP contribution in [0.15, 0.2) is 56.4 Å². The van der Waals surface area contributed by atoms with E-state index in [0.717, 1.165) is 75.1 Å². The van der Waals surface area contributed by atoms with Crippen molar-refractivity contribution in [2.75, 3.05) is 66.5 Å². The Morgan fingerprint density at radius 1 is 0.500 bits per heavy atom. The Hall–Kier alpha value is -3.10. The molecule has 2 aromatic rings. The summed E-state index contributed by atoms with van der Waals surface area (Å²) in [5, 5.41) is 0. The van der Waals surface area contributed by atoms with Gasteiger partial charge in [-0.05, 0) is 38.4 Å². The van der Waals surface area contributed by atoms with E-state index in [2.05, 4.69) is 53.8 Å². The minimum atomic E-state index is 0.718. The monoisotopic (exact) mass is 432 g/mol. The Morgan fingerprint density at radius 3 is 1.06 bits per heavy atom. The molecule has 0 amide bonds. The third kappa shape index (κ3) is 8.95. The van der Waals surface area contributed by atoms with Crippen LogP contribution >= 0.6 is 0 Å². The van der Waals surface area contributed by atoms with Gasteiger partial charge in [0.15, 0.2) is 0 Å². The zero-order valence-corrected chi connectivity index (χ0v) is 19.0. The molecule has 4 bridgehead atoms. The predicted molar refractivity (Wildman–Crippen MR) is 133 cm³/mol. The van der Waals surface area contributed by atoms with Gasteiger partial charge in [0, 0.05) is 51.0 Å². The number of aliphatic imine (C=N–C) groups is 4. The Labute approximate surface area is 190 Å². The fourth-order valence-electron chi connectivity index (χ4n) is 3.00. The van der Waals surface area contributed by atoms with Gasteiger partial charge in [0.1, 0.15) is 0 Å². The molecule has 0 saturated heterocycles. The first kappa shape index (κ1) is 23.6. The Kier molecular flexibility index (Phi) is 9.82. The smallest absolute Gasteiger partial charge is 0.0815 e. The highest BCUT2D eigenvalue weighted by atomic mass is 15.1. The van der Waals surface area contributed by atoms with E-state index in [1.807, 2.05) is 61.3 Å². The van der Waals surface area contributed by atoms with Crippen LogP contribution in [0.4, 0.5) is 0 Å². The molecule has 1 aliphatic rings. The maximum absolute atomic E-state index is 4.58. The van der Waals surface area contributed by atoms with E-state index in [0.29, 0.717) is 0 Å². The molecule has 0 fully saturated rings. The van der Waals surface area contributed by atoms with Crippen LogP contribution < -0.4 is 0 Å². The van der Waals surface area contributed by atoms with E-state index in [-0.39, 0.29) is 0 Å². The molecule has 0 unspecified atom stereocenters. The summed E-state index contributed by atoms with van der Waals surface area (Å²) in [6, 6.07) is 11.8. The summed E-state index contributed by atoms with van der Waals surface area (Å²) in [5.41, 5.74) is 3.39. The summed E-state index contributed by atoms with van der Waals surface area (Å²) in [6.07, 6.45) is 7.31. The van der Waals surface area contributed by atoms with Crippen molar-refractivity contribution < 1.29 is 0 Å². The van der Waals surface area contributed by atoms with Gasteiger partial charge in [-0.2, -0.15) is 0 Å². The predicted octanol–water partition coefficient (Wildman–Crippen LogP) is 1.73. The Balaban J connectivity index is 1.65. The van der Waals surface area contributed by atoms with Crippen molar-refractivity contribution in [3.63, 3.8) is 0 Å². The van der Waals surface area contributed by atoms with Crippen molar-refractivity contribution in [2.24, 2.45) is 20.0 Å². The van der Waals surface area contributed by atoms with Gasteiger partial charge in [-0.1, -0.05) is 12.1 Å². The first-order chi connectivity index (χ1) is 15.7. The molecule has 3 heterocycles. The molecule has 3 rings (SSSR count). The second-order valence-electron chi connectivity index (χ2n) is 7.72. The van der Waals surface area contributed by atoms with Crippen LogP contribution in [0, 0.1) is 0 Å². The lowest BCUT2D eigenvalue weighted by Crippen LogP contribution is -2.24. The molecule has 0 spiro atoms. The van der Waals surface area contributed by atoms with Crippen molar-refractivity contribution in [3.05, 3.63) is 59.2 Å². The van der Waals surface area contributed by atoms with E-state index in [1.165, 1.54) is 0 Å². The van der Waals surface area contributed by atoms with Crippen molar-refractivity contribution in [2.45, 2.75) is 0 Å². The van der Waals surface area contributed by atoms with Gasteiger partial charge in [0.05, 0.1) is 49.0 Å². The molecule has 8 nitrogen and oxygen atoms in total. The van der Waals surface area contributed by atoms with E-state index < -0.39 is 0 Å². The third-order valence-corrected chi connectivity index (χ3v) is 4.92. The first-order valence-corrected chi connectivity index (χ1v) is 11.0. The van der Waals surface area contributed by atoms with Crippen molar-refractivity contribution in [3.8, 4) is 0 Å². The van der Waals surface area contributed by atoms with Crippen molar-refractivity contribution >= 4 is 24.9 Å². The molecule has 0 saturated carbocycles. The average Bonchev–Trinajstić information content (AvgIpc) is 2.80. The van der Waals surface area contributed by atoms with E-state index >= 15 is 0 Å². The Morgan fingerprint density at radius 2 is 0.781 bits per heavy atom. The van der Waals surface area contributed by atoms with Crippen molar-refractivity contribution in [1.29, 1.82) is 0 Å². The number of likely N-dealkylation sites (N-methyl/N-ethyl adjacent to an activating group) is 2. The summed E-state index contributed by atoms with van der Waals surface area (Å²) < 4.78 is 0. The van der Waals surface area contributed by atoms with Gasteiger partial charge in [0.2, 0.25) is 0 Å². The van der Waals surface area contributed by atoms with E-state index in [4.69, 9.17) is 0 Å². The van der Waals surface area contributed by atoms with Crippen LogP contribution in [0.5, 0.6) is 0 Å². The zero-order valence-electron chi connectivity index (χ0n) is 19.0. The normalized spacial score (nSPS) is 17.8. The van der Waals surface area contributed by atoms with Gasteiger partial charge >= 0.3 is 0 Å². The Bertz CT molecular complexity index is 807.